The highest BCUT2D eigenvalue weighted by Gasteiger charge is 2.36. The predicted octanol–water partition coefficient (Wildman–Crippen LogP) is 5.17. The molecule has 1 aromatic heterocycles. The van der Waals surface area contributed by atoms with Gasteiger partial charge in [-0.05, 0) is 23.6 Å². The molecule has 0 N–H and O–H groups in total. The first-order valence-corrected chi connectivity index (χ1v) is 9.50. The lowest BCUT2D eigenvalue weighted by Gasteiger charge is -2.17. The van der Waals surface area contributed by atoms with Crippen LogP contribution in [0.5, 0.6) is 0 Å². The summed E-state index contributed by atoms with van der Waals surface area (Å²) in [6.45, 7) is 4.53. The molecule has 0 aliphatic carbocycles. The van der Waals surface area contributed by atoms with E-state index in [4.69, 9.17) is 16.1 Å². The normalized spacial score (nSPS) is 17.0. The van der Waals surface area contributed by atoms with Crippen molar-refractivity contribution in [2.75, 3.05) is 11.4 Å². The summed E-state index contributed by atoms with van der Waals surface area (Å²) in [5, 5.41) is 4.03. The van der Waals surface area contributed by atoms with E-state index in [0.717, 1.165) is 5.56 Å². The minimum absolute atomic E-state index is 0.0151. The third-order valence-corrected chi connectivity index (χ3v) is 5.27. The lowest BCUT2D eigenvalue weighted by molar-refractivity contribution is -0.117. The van der Waals surface area contributed by atoms with Crippen LogP contribution in [0.4, 0.5) is 10.1 Å². The molecule has 1 unspecified atom stereocenters. The van der Waals surface area contributed by atoms with E-state index in [0.29, 0.717) is 17.6 Å². The van der Waals surface area contributed by atoms with Crippen LogP contribution in [0.1, 0.15) is 43.6 Å². The smallest absolute Gasteiger partial charge is 0.232 e. The van der Waals surface area contributed by atoms with E-state index in [1.54, 1.807) is 6.07 Å². The number of hydrogen-bond donors (Lipinski definition) is 0. The molecule has 0 saturated carbocycles. The van der Waals surface area contributed by atoms with E-state index in [1.165, 1.54) is 22.6 Å². The topological polar surface area (TPSA) is 59.2 Å². The molecule has 5 nitrogen and oxygen atoms in total. The average molecular weight is 400 g/mol. The van der Waals surface area contributed by atoms with Gasteiger partial charge in [0.15, 0.2) is 5.82 Å². The number of rotatable bonds is 4. The molecule has 3 aromatic rings. The Balaban J connectivity index is 1.55. The second kappa shape index (κ2) is 7.36. The van der Waals surface area contributed by atoms with Crippen molar-refractivity contribution < 1.29 is 13.7 Å². The Bertz CT molecular complexity index is 1020. The third kappa shape index (κ3) is 3.40. The molecule has 1 atom stereocenters. The van der Waals surface area contributed by atoms with Gasteiger partial charge in [0, 0.05) is 18.5 Å². The van der Waals surface area contributed by atoms with Crippen LogP contribution in [0.2, 0.25) is 5.02 Å². The monoisotopic (exact) mass is 399 g/mol. The van der Waals surface area contributed by atoms with Crippen LogP contribution in [0.3, 0.4) is 0 Å². The van der Waals surface area contributed by atoms with Gasteiger partial charge in [0.25, 0.3) is 0 Å². The highest BCUT2D eigenvalue weighted by Crippen LogP contribution is 2.34. The van der Waals surface area contributed by atoms with E-state index in [1.807, 2.05) is 24.3 Å². The zero-order valence-electron chi connectivity index (χ0n) is 15.5. The summed E-state index contributed by atoms with van der Waals surface area (Å²) < 4.78 is 19.7. The van der Waals surface area contributed by atoms with Crippen molar-refractivity contribution in [3.8, 4) is 11.4 Å². The van der Waals surface area contributed by atoms with Crippen molar-refractivity contribution in [3.05, 3.63) is 64.8 Å². The molecule has 0 bridgehead atoms. The van der Waals surface area contributed by atoms with Crippen LogP contribution in [-0.4, -0.2) is 22.6 Å². The lowest BCUT2D eigenvalue weighted by atomic mass is 10.0. The zero-order chi connectivity index (χ0) is 19.8. The van der Waals surface area contributed by atoms with Gasteiger partial charge in [0.1, 0.15) is 0 Å². The summed E-state index contributed by atoms with van der Waals surface area (Å²) in [6, 6.07) is 12.6. The molecule has 0 radical (unpaired) electrons. The molecular formula is C21H19ClFN3O2. The van der Waals surface area contributed by atoms with Gasteiger partial charge in [0.05, 0.1) is 16.6 Å². The minimum Gasteiger partial charge on any atom is -0.339 e. The lowest BCUT2D eigenvalue weighted by Crippen LogP contribution is -2.25. The maximum absolute atomic E-state index is 14.3. The first-order valence-electron chi connectivity index (χ1n) is 9.12. The number of nitrogens with zero attached hydrogens (tertiary/aromatic N) is 3. The molecule has 1 saturated heterocycles. The van der Waals surface area contributed by atoms with Gasteiger partial charge in [-0.2, -0.15) is 4.98 Å². The van der Waals surface area contributed by atoms with Crippen molar-refractivity contribution in [1.29, 1.82) is 0 Å². The van der Waals surface area contributed by atoms with Crippen LogP contribution in [0.25, 0.3) is 11.4 Å². The van der Waals surface area contributed by atoms with E-state index >= 15 is 0 Å². The average Bonchev–Trinajstić information content (AvgIpc) is 3.31. The van der Waals surface area contributed by atoms with E-state index in [2.05, 4.69) is 24.0 Å². The highest BCUT2D eigenvalue weighted by molar-refractivity contribution is 6.31. The van der Waals surface area contributed by atoms with Gasteiger partial charge in [-0.3, -0.25) is 4.79 Å². The minimum atomic E-state index is -0.602. The second-order valence-corrected chi connectivity index (χ2v) is 7.62. The van der Waals surface area contributed by atoms with Gasteiger partial charge in [-0.25, -0.2) is 4.39 Å². The number of benzene rings is 2. The summed E-state index contributed by atoms with van der Waals surface area (Å²) in [5.74, 6) is 0.201. The molecule has 1 amide bonds. The van der Waals surface area contributed by atoms with Gasteiger partial charge in [-0.1, -0.05) is 60.9 Å². The number of carbonyl (C=O) groups excluding carboxylic acids is 1. The number of carbonyl (C=O) groups is 1. The first-order chi connectivity index (χ1) is 13.4. The Labute approximate surface area is 167 Å². The van der Waals surface area contributed by atoms with Crippen molar-refractivity contribution in [2.24, 2.45) is 0 Å². The van der Waals surface area contributed by atoms with Crippen molar-refractivity contribution in [1.82, 2.24) is 10.1 Å². The van der Waals surface area contributed by atoms with Crippen molar-refractivity contribution >= 4 is 23.2 Å². The predicted molar refractivity (Wildman–Crippen MR) is 105 cm³/mol. The van der Waals surface area contributed by atoms with E-state index < -0.39 is 5.82 Å². The fraction of sp³-hybridized carbons (Fsp3) is 0.286. The number of aromatic nitrogens is 2. The Morgan fingerprint density at radius 1 is 1.21 bits per heavy atom. The largest absolute Gasteiger partial charge is 0.339 e. The van der Waals surface area contributed by atoms with Gasteiger partial charge in [-0.15, -0.1) is 0 Å². The summed E-state index contributed by atoms with van der Waals surface area (Å²) in [7, 11) is 0. The SMILES string of the molecule is CC(C)c1ccc(-c2noc(C3CC(=O)N(c4cccc(Cl)c4F)C3)n2)cc1. The Kier molecular flexibility index (Phi) is 4.89. The molecule has 1 fully saturated rings. The summed E-state index contributed by atoms with van der Waals surface area (Å²) in [6.07, 6.45) is 0.180. The molecule has 2 aromatic carbocycles. The van der Waals surface area contributed by atoms with Crippen LogP contribution >= 0.6 is 11.6 Å². The number of amides is 1. The zero-order valence-corrected chi connectivity index (χ0v) is 16.3. The second-order valence-electron chi connectivity index (χ2n) is 7.21. The Morgan fingerprint density at radius 2 is 1.96 bits per heavy atom. The molecule has 28 heavy (non-hydrogen) atoms. The van der Waals surface area contributed by atoms with Crippen molar-refractivity contribution in [2.45, 2.75) is 32.1 Å². The summed E-state index contributed by atoms with van der Waals surface area (Å²) >= 11 is 5.84. The molecule has 0 spiro atoms. The maximum Gasteiger partial charge on any atom is 0.232 e. The molecular weight excluding hydrogens is 381 g/mol. The fourth-order valence-corrected chi connectivity index (χ4v) is 3.51. The number of halogens is 2. The van der Waals surface area contributed by atoms with Crippen LogP contribution in [0, 0.1) is 5.82 Å². The molecule has 1 aliphatic heterocycles. The summed E-state index contributed by atoms with van der Waals surface area (Å²) in [4.78, 5) is 18.3. The number of hydrogen-bond acceptors (Lipinski definition) is 4. The fourth-order valence-electron chi connectivity index (χ4n) is 3.34. The molecule has 4 rings (SSSR count). The molecule has 7 heteroatoms. The van der Waals surface area contributed by atoms with Gasteiger partial charge >= 0.3 is 0 Å². The van der Waals surface area contributed by atoms with Crippen LogP contribution in [-0.2, 0) is 4.79 Å². The Morgan fingerprint density at radius 3 is 2.68 bits per heavy atom. The van der Waals surface area contributed by atoms with Gasteiger partial charge in [0.2, 0.25) is 17.6 Å². The Hall–Kier alpha value is -2.73. The first kappa shape index (κ1) is 18.6. The van der Waals surface area contributed by atoms with Crippen LogP contribution < -0.4 is 4.90 Å². The quantitative estimate of drug-likeness (QED) is 0.607. The van der Waals surface area contributed by atoms with Gasteiger partial charge < -0.3 is 9.42 Å². The van der Waals surface area contributed by atoms with E-state index in [-0.39, 0.29) is 35.5 Å². The summed E-state index contributed by atoms with van der Waals surface area (Å²) in [5.41, 5.74) is 2.25. The molecule has 144 valence electrons. The third-order valence-electron chi connectivity index (χ3n) is 4.97. The number of anilines is 1. The van der Waals surface area contributed by atoms with E-state index in [9.17, 15) is 9.18 Å². The molecule has 2 heterocycles. The van der Waals surface area contributed by atoms with Crippen molar-refractivity contribution in [3.63, 3.8) is 0 Å². The maximum atomic E-state index is 14.3. The van der Waals surface area contributed by atoms with Crippen LogP contribution in [0.15, 0.2) is 47.0 Å². The standard InChI is InChI=1S/C21H19ClFN3O2/c1-12(2)13-6-8-14(9-7-13)20-24-21(28-25-20)15-10-18(27)26(11-15)17-5-3-4-16(22)19(17)23/h3-9,12,15H,10-11H2,1-2H3. The molecule has 1 aliphatic rings. The highest BCUT2D eigenvalue weighted by atomic mass is 35.5.